The van der Waals surface area contributed by atoms with Crippen LogP contribution in [0.1, 0.15) is 17.4 Å². The summed E-state index contributed by atoms with van der Waals surface area (Å²) in [6, 6.07) is 17.1. The summed E-state index contributed by atoms with van der Waals surface area (Å²) >= 11 is 18.2. The summed E-state index contributed by atoms with van der Waals surface area (Å²) in [7, 11) is 0. The number of para-hydroxylation sites is 1. The Hall–Kier alpha value is -1.85. The number of hydrogen-bond acceptors (Lipinski definition) is 7. The Morgan fingerprint density at radius 3 is 2.62 bits per heavy atom. The molecule has 2 N–H and O–H groups in total. The van der Waals surface area contributed by atoms with Crippen LogP contribution in [-0.2, 0) is 5.75 Å². The van der Waals surface area contributed by atoms with E-state index in [1.807, 2.05) is 48.5 Å². The average molecular weight is 686 g/mol. The molecule has 1 aliphatic heterocycles. The lowest BCUT2D eigenvalue weighted by Gasteiger charge is -2.22. The highest BCUT2D eigenvalue weighted by molar-refractivity contribution is 9.11. The van der Waals surface area contributed by atoms with E-state index in [9.17, 15) is 5.11 Å². The molecule has 3 aromatic carbocycles. The normalized spacial score (nSPS) is 14.4. The topological polar surface area (TPSA) is 80.2 Å². The molecule has 0 radical (unpaired) electrons. The lowest BCUT2D eigenvalue weighted by atomic mass is 10.1. The number of halogens is 4. The van der Waals surface area contributed by atoms with E-state index < -0.39 is 6.23 Å². The van der Waals surface area contributed by atoms with E-state index in [2.05, 4.69) is 68.3 Å². The number of rotatable bonds is 4. The fourth-order valence-corrected chi connectivity index (χ4v) is 7.03. The predicted molar refractivity (Wildman–Crippen MR) is 144 cm³/mol. The minimum absolute atomic E-state index is 0.0677. The van der Waals surface area contributed by atoms with E-state index >= 15 is 0 Å². The van der Waals surface area contributed by atoms with Crippen LogP contribution in [0.5, 0.6) is 11.6 Å². The number of aromatic nitrogens is 3. The van der Waals surface area contributed by atoms with Crippen LogP contribution in [0, 0.1) is 0 Å². The standard InChI is InChI=1S/C23H14Br3ClN4O2S/c24-13-9-14(25)20(32)18(26)17(13)21-28-16-8-4-2-6-12(16)19-22(33-21)29-23(31-30-19)34-10-11-5-1-3-7-15(11)27/h1-9,21,28,32H,10H2/t21-/m1/s1. The maximum Gasteiger partial charge on any atom is 0.247 e. The second-order valence-corrected chi connectivity index (χ2v) is 11.1. The number of fused-ring (bicyclic) bond motifs is 3. The molecular weight excluding hydrogens is 672 g/mol. The number of nitrogens with one attached hydrogen (secondary N) is 1. The zero-order chi connectivity index (χ0) is 23.8. The minimum Gasteiger partial charge on any atom is -0.506 e. The van der Waals surface area contributed by atoms with Gasteiger partial charge in [-0.05, 0) is 55.6 Å². The van der Waals surface area contributed by atoms with E-state index in [0.717, 1.165) is 21.3 Å². The zero-order valence-corrected chi connectivity index (χ0v) is 23.4. The van der Waals surface area contributed by atoms with Gasteiger partial charge in [0.1, 0.15) is 5.75 Å². The summed E-state index contributed by atoms with van der Waals surface area (Å²) in [4.78, 5) is 4.67. The number of thioether (sulfide) groups is 1. The fourth-order valence-electron chi connectivity index (χ4n) is 3.43. The second-order valence-electron chi connectivity index (χ2n) is 7.23. The fraction of sp³-hybridized carbons (Fsp3) is 0.0870. The third-order valence-corrected chi connectivity index (χ3v) is 8.41. The number of ether oxygens (including phenoxy) is 1. The Labute approximate surface area is 229 Å². The Morgan fingerprint density at radius 1 is 1.03 bits per heavy atom. The molecule has 6 nitrogen and oxygen atoms in total. The first-order chi connectivity index (χ1) is 16.4. The summed E-state index contributed by atoms with van der Waals surface area (Å²) in [6.45, 7) is 0. The van der Waals surface area contributed by atoms with Crippen LogP contribution in [0.15, 0.2) is 73.2 Å². The Bertz CT molecular complexity index is 1410. The molecule has 0 aliphatic carbocycles. The van der Waals surface area contributed by atoms with Gasteiger partial charge in [-0.25, -0.2) is 0 Å². The van der Waals surface area contributed by atoms with Gasteiger partial charge >= 0.3 is 0 Å². The van der Waals surface area contributed by atoms with E-state index in [4.69, 9.17) is 16.3 Å². The molecule has 11 heteroatoms. The molecule has 4 aromatic rings. The lowest BCUT2D eigenvalue weighted by Crippen LogP contribution is -2.18. The van der Waals surface area contributed by atoms with Gasteiger partial charge in [0.05, 0.1) is 8.95 Å². The highest BCUT2D eigenvalue weighted by Gasteiger charge is 2.30. The van der Waals surface area contributed by atoms with Crippen LogP contribution >= 0.6 is 71.2 Å². The van der Waals surface area contributed by atoms with Crippen LogP contribution in [0.2, 0.25) is 5.02 Å². The summed E-state index contributed by atoms with van der Waals surface area (Å²) in [5, 5.41) is 23.8. The van der Waals surface area contributed by atoms with Crippen LogP contribution < -0.4 is 10.1 Å². The maximum atomic E-state index is 10.5. The van der Waals surface area contributed by atoms with Crippen molar-refractivity contribution in [2.45, 2.75) is 17.1 Å². The van der Waals surface area contributed by atoms with Gasteiger partial charge in [-0.3, -0.25) is 0 Å². The van der Waals surface area contributed by atoms with Crippen molar-refractivity contribution in [3.63, 3.8) is 0 Å². The van der Waals surface area contributed by atoms with E-state index in [1.54, 1.807) is 6.07 Å². The quantitative estimate of drug-likeness (QED) is 0.211. The first kappa shape index (κ1) is 23.9. The Morgan fingerprint density at radius 2 is 1.79 bits per heavy atom. The van der Waals surface area contributed by atoms with Gasteiger partial charge in [0.2, 0.25) is 17.3 Å². The highest BCUT2D eigenvalue weighted by atomic mass is 79.9. The van der Waals surface area contributed by atoms with Gasteiger partial charge in [0, 0.05) is 32.1 Å². The van der Waals surface area contributed by atoms with Gasteiger partial charge in [-0.1, -0.05) is 75.7 Å². The van der Waals surface area contributed by atoms with Crippen molar-refractivity contribution in [1.82, 2.24) is 15.2 Å². The SMILES string of the molecule is Oc1c(Br)cc(Br)c([C@@H]2Nc3ccccc3-c3nnc(SCc4ccccc4Cl)nc3O2)c1Br. The molecule has 0 bridgehead atoms. The third-order valence-electron chi connectivity index (χ3n) is 5.09. The molecule has 1 aromatic heterocycles. The number of nitrogens with zero attached hydrogens (tertiary/aromatic N) is 3. The average Bonchev–Trinajstić information content (AvgIpc) is 2.98. The largest absolute Gasteiger partial charge is 0.506 e. The number of aromatic hydroxyl groups is 1. The monoisotopic (exact) mass is 682 g/mol. The molecular formula is C23H14Br3ClN4O2S. The number of benzene rings is 3. The van der Waals surface area contributed by atoms with Crippen molar-refractivity contribution in [2.24, 2.45) is 0 Å². The second kappa shape index (κ2) is 10.0. The molecule has 1 aliphatic rings. The molecule has 1 atom stereocenters. The highest BCUT2D eigenvalue weighted by Crippen LogP contribution is 2.46. The number of phenolic OH excluding ortho intramolecular Hbond substituents is 1. The van der Waals surface area contributed by atoms with Crippen molar-refractivity contribution >= 4 is 76.8 Å². The van der Waals surface area contributed by atoms with Crippen LogP contribution in [0.25, 0.3) is 11.3 Å². The van der Waals surface area contributed by atoms with Crippen LogP contribution in [-0.4, -0.2) is 20.3 Å². The van der Waals surface area contributed by atoms with Crippen molar-refractivity contribution in [3.8, 4) is 22.9 Å². The third kappa shape index (κ3) is 4.66. The molecule has 34 heavy (non-hydrogen) atoms. The molecule has 0 saturated carbocycles. The molecule has 0 unspecified atom stereocenters. The number of anilines is 1. The lowest BCUT2D eigenvalue weighted by molar-refractivity contribution is 0.223. The molecule has 0 amide bonds. The van der Waals surface area contributed by atoms with Crippen LogP contribution in [0.3, 0.4) is 0 Å². The van der Waals surface area contributed by atoms with E-state index in [1.165, 1.54) is 11.8 Å². The van der Waals surface area contributed by atoms with Crippen molar-refractivity contribution in [2.75, 3.05) is 5.32 Å². The molecule has 2 heterocycles. The summed E-state index contributed by atoms with van der Waals surface area (Å²) in [5.41, 5.74) is 3.81. The summed E-state index contributed by atoms with van der Waals surface area (Å²) in [5.74, 6) is 0.995. The molecule has 0 saturated heterocycles. The Kier molecular flexibility index (Phi) is 7.04. The summed E-state index contributed by atoms with van der Waals surface area (Å²) in [6.07, 6.45) is -0.678. The smallest absolute Gasteiger partial charge is 0.247 e. The van der Waals surface area contributed by atoms with E-state index in [-0.39, 0.29) is 5.75 Å². The summed E-state index contributed by atoms with van der Waals surface area (Å²) < 4.78 is 8.12. The van der Waals surface area contributed by atoms with Crippen molar-refractivity contribution in [3.05, 3.63) is 84.2 Å². The first-order valence-corrected chi connectivity index (χ1v) is 13.7. The molecule has 0 fully saturated rings. The van der Waals surface area contributed by atoms with Crippen LogP contribution in [0.4, 0.5) is 5.69 Å². The Balaban J connectivity index is 1.55. The molecule has 5 rings (SSSR count). The molecule has 172 valence electrons. The minimum atomic E-state index is -0.678. The first-order valence-electron chi connectivity index (χ1n) is 9.92. The van der Waals surface area contributed by atoms with Gasteiger partial charge in [0.25, 0.3) is 0 Å². The van der Waals surface area contributed by atoms with Crippen molar-refractivity contribution < 1.29 is 9.84 Å². The van der Waals surface area contributed by atoms with E-state index in [0.29, 0.717) is 42.0 Å². The number of phenols is 1. The predicted octanol–water partition coefficient (Wildman–Crippen LogP) is 7.98. The van der Waals surface area contributed by atoms with Gasteiger partial charge in [0.15, 0.2) is 5.69 Å². The van der Waals surface area contributed by atoms with Gasteiger partial charge < -0.3 is 15.2 Å². The maximum absolute atomic E-state index is 10.5. The van der Waals surface area contributed by atoms with Crippen molar-refractivity contribution in [1.29, 1.82) is 0 Å². The zero-order valence-electron chi connectivity index (χ0n) is 17.1. The van der Waals surface area contributed by atoms with Gasteiger partial charge in [-0.2, -0.15) is 4.98 Å². The number of hydrogen-bond donors (Lipinski definition) is 2. The van der Waals surface area contributed by atoms with Gasteiger partial charge in [-0.15, -0.1) is 10.2 Å². The molecule has 0 spiro atoms.